The molecule has 0 radical (unpaired) electrons. The largest absolute Gasteiger partial charge is 0.481 e. The number of unbranched alkanes of at least 4 members (excludes halogenated alkanes) is 1. The van der Waals surface area contributed by atoms with Crippen LogP contribution in [-0.2, 0) is 34.3 Å². The zero-order valence-electron chi connectivity index (χ0n) is 24.1. The fourth-order valence-corrected chi connectivity index (χ4v) is 6.61. The first-order valence-corrected chi connectivity index (χ1v) is 14.5. The molecule has 3 heterocycles. The number of Topliss-reactive ketones (excluding diaryl/α,β-unsaturated/α-hetero) is 1. The molecule has 16 nitrogen and oxygen atoms in total. The molecule has 3 unspecified atom stereocenters. The number of carboxylic acids is 1. The van der Waals surface area contributed by atoms with Gasteiger partial charge in [-0.15, -0.1) is 0 Å². The number of nitrogens with one attached hydrogen (secondary N) is 5. The summed E-state index contributed by atoms with van der Waals surface area (Å²) in [5.41, 5.74) is 13.6. The number of piperazine rings is 1. The number of carbonyl (C=O) groups is 6. The van der Waals surface area contributed by atoms with Crippen molar-refractivity contribution in [3.05, 3.63) is 35.9 Å². The first kappa shape index (κ1) is 32.3. The van der Waals surface area contributed by atoms with Crippen molar-refractivity contribution in [2.45, 2.75) is 68.2 Å². The van der Waals surface area contributed by atoms with Crippen molar-refractivity contribution in [2.75, 3.05) is 19.6 Å². The van der Waals surface area contributed by atoms with Gasteiger partial charge in [0.15, 0.2) is 11.7 Å². The van der Waals surface area contributed by atoms with Crippen LogP contribution in [0.4, 0.5) is 0 Å². The molecule has 1 aromatic rings. The van der Waals surface area contributed by atoms with Crippen molar-refractivity contribution in [1.29, 1.82) is 0 Å². The molecule has 12 N–H and O–H groups in total. The third-order valence-electron chi connectivity index (χ3n) is 8.62. The number of hydrogen-bond acceptors (Lipinski definition) is 9. The van der Waals surface area contributed by atoms with Crippen molar-refractivity contribution < 1.29 is 33.9 Å². The molecule has 0 aliphatic carbocycles. The Morgan fingerprint density at radius 3 is 2.30 bits per heavy atom. The van der Waals surface area contributed by atoms with Gasteiger partial charge in [-0.1, -0.05) is 30.3 Å². The molecular formula is C28H39N9O7. The molecule has 238 valence electrons. The van der Waals surface area contributed by atoms with Crippen LogP contribution in [0.25, 0.3) is 0 Å². The first-order chi connectivity index (χ1) is 20.9. The van der Waals surface area contributed by atoms with E-state index < -0.39 is 83.5 Å². The summed E-state index contributed by atoms with van der Waals surface area (Å²) in [6.07, 6.45) is 0.0926. The van der Waals surface area contributed by atoms with E-state index in [1.807, 2.05) is 0 Å². The number of guanidine groups is 1. The summed E-state index contributed by atoms with van der Waals surface area (Å²) in [6, 6.07) is 3.09. The number of nitrogens with two attached hydrogens (primary N) is 3. The van der Waals surface area contributed by atoms with Crippen LogP contribution in [0.2, 0.25) is 0 Å². The Morgan fingerprint density at radius 2 is 1.64 bits per heavy atom. The molecule has 3 fully saturated rings. The molecular weight excluding hydrogens is 574 g/mol. The molecule has 3 aliphatic rings. The van der Waals surface area contributed by atoms with Gasteiger partial charge in [-0.05, 0) is 44.2 Å². The second kappa shape index (κ2) is 13.4. The Morgan fingerprint density at radius 1 is 0.932 bits per heavy atom. The van der Waals surface area contributed by atoms with Crippen molar-refractivity contribution >= 4 is 41.3 Å². The lowest BCUT2D eigenvalue weighted by atomic mass is 9.55. The summed E-state index contributed by atoms with van der Waals surface area (Å²) in [7, 11) is 0. The number of aliphatic imine (C=N–C) groups is 1. The molecule has 16 heteroatoms. The summed E-state index contributed by atoms with van der Waals surface area (Å²) in [5.74, 6) is -4.93. The molecule has 0 aromatic heterocycles. The van der Waals surface area contributed by atoms with E-state index in [2.05, 4.69) is 31.6 Å². The number of carbonyl (C=O) groups excluding carboxylic acids is 5. The topological polar surface area (TPSA) is 273 Å². The molecule has 2 bridgehead atoms. The van der Waals surface area contributed by atoms with Gasteiger partial charge in [0.05, 0.1) is 30.0 Å². The van der Waals surface area contributed by atoms with Crippen LogP contribution in [0, 0.1) is 5.41 Å². The Kier molecular flexibility index (Phi) is 9.84. The van der Waals surface area contributed by atoms with Crippen molar-refractivity contribution in [3.63, 3.8) is 0 Å². The monoisotopic (exact) mass is 613 g/mol. The van der Waals surface area contributed by atoms with Crippen molar-refractivity contribution in [1.82, 2.24) is 26.6 Å². The molecule has 0 spiro atoms. The van der Waals surface area contributed by atoms with Crippen molar-refractivity contribution in [3.8, 4) is 0 Å². The molecule has 3 aliphatic heterocycles. The lowest BCUT2D eigenvalue weighted by Crippen LogP contribution is -2.80. The normalized spacial score (nSPS) is 30.4. The van der Waals surface area contributed by atoms with E-state index in [0.717, 1.165) is 0 Å². The number of carboxylic acid groups (broad SMARTS) is 1. The summed E-state index contributed by atoms with van der Waals surface area (Å²) in [6.45, 7) is -0.250. The van der Waals surface area contributed by atoms with Gasteiger partial charge in [-0.25, -0.2) is 0 Å². The van der Waals surface area contributed by atoms with Gasteiger partial charge >= 0.3 is 5.97 Å². The maximum Gasteiger partial charge on any atom is 0.305 e. The highest BCUT2D eigenvalue weighted by Crippen LogP contribution is 2.52. The van der Waals surface area contributed by atoms with Crippen molar-refractivity contribution in [2.24, 2.45) is 27.6 Å². The molecule has 6 atom stereocenters. The van der Waals surface area contributed by atoms with Gasteiger partial charge in [0.1, 0.15) is 18.1 Å². The zero-order valence-corrected chi connectivity index (χ0v) is 24.1. The number of aliphatic carboxylic acids is 1. The third kappa shape index (κ3) is 6.21. The van der Waals surface area contributed by atoms with Gasteiger partial charge in [-0.2, -0.15) is 0 Å². The van der Waals surface area contributed by atoms with E-state index in [0.29, 0.717) is 24.9 Å². The molecule has 3 saturated heterocycles. The van der Waals surface area contributed by atoms with E-state index in [4.69, 9.17) is 17.2 Å². The predicted octanol–water partition coefficient (Wildman–Crippen LogP) is -3.34. The number of hydrogen-bond donors (Lipinski definition) is 9. The van der Waals surface area contributed by atoms with E-state index in [9.17, 15) is 33.9 Å². The highest BCUT2D eigenvalue weighted by Gasteiger charge is 2.67. The summed E-state index contributed by atoms with van der Waals surface area (Å²) >= 11 is 0. The van der Waals surface area contributed by atoms with Gasteiger partial charge < -0.3 is 43.6 Å². The van der Waals surface area contributed by atoms with Gasteiger partial charge in [0.2, 0.25) is 23.6 Å². The quantitative estimate of drug-likeness (QED) is 0.0715. The van der Waals surface area contributed by atoms with E-state index >= 15 is 0 Å². The number of benzene rings is 1. The van der Waals surface area contributed by atoms with E-state index in [1.54, 1.807) is 30.3 Å². The maximum atomic E-state index is 14.5. The maximum absolute atomic E-state index is 14.5. The number of fused-ring (bicyclic) bond motifs is 4. The van der Waals surface area contributed by atoms with Crippen LogP contribution in [0.1, 0.15) is 44.1 Å². The van der Waals surface area contributed by atoms with E-state index in [1.165, 1.54) is 0 Å². The Hall–Kier alpha value is -4.57. The summed E-state index contributed by atoms with van der Waals surface area (Å²) in [5, 5.41) is 23.5. The zero-order chi connectivity index (χ0) is 32.1. The Labute approximate surface area is 253 Å². The second-order valence-electron chi connectivity index (χ2n) is 11.3. The summed E-state index contributed by atoms with van der Waals surface area (Å²) in [4.78, 5) is 85.0. The second-order valence-corrected chi connectivity index (χ2v) is 11.3. The van der Waals surface area contributed by atoms with Gasteiger partial charge in [0, 0.05) is 6.54 Å². The van der Waals surface area contributed by atoms with Gasteiger partial charge in [-0.3, -0.25) is 39.1 Å². The predicted molar refractivity (Wildman–Crippen MR) is 156 cm³/mol. The lowest BCUT2D eigenvalue weighted by Gasteiger charge is -2.57. The minimum Gasteiger partial charge on any atom is -0.481 e. The fourth-order valence-electron chi connectivity index (χ4n) is 6.61. The van der Waals surface area contributed by atoms with Crippen LogP contribution in [0.5, 0.6) is 0 Å². The van der Waals surface area contributed by atoms with Gasteiger partial charge in [0.25, 0.3) is 0 Å². The number of rotatable bonds is 10. The molecule has 4 amide bonds. The molecule has 4 rings (SSSR count). The Bertz CT molecular complexity index is 1340. The fraction of sp³-hybridized carbons (Fsp3) is 0.536. The first-order valence-electron chi connectivity index (χ1n) is 14.5. The molecule has 44 heavy (non-hydrogen) atoms. The number of ketones is 1. The lowest BCUT2D eigenvalue weighted by molar-refractivity contribution is -0.154. The Balaban J connectivity index is 2.03. The highest BCUT2D eigenvalue weighted by molar-refractivity contribution is 6.02. The van der Waals surface area contributed by atoms with Crippen LogP contribution < -0.4 is 43.8 Å². The summed E-state index contributed by atoms with van der Waals surface area (Å²) < 4.78 is 0. The van der Waals surface area contributed by atoms with E-state index in [-0.39, 0.29) is 31.8 Å². The smallest absolute Gasteiger partial charge is 0.305 e. The minimum atomic E-state index is -1.84. The SMILES string of the molecule is NCCCC[C@@H]1NC(=O)[C@@H]2NC(=O)C(CC(=O)O)NC2(c2ccccc2)C2(CCN=C(N)N)C[C@H](NC1=O)C(=O)NCC2=O. The van der Waals surface area contributed by atoms with Crippen LogP contribution in [0.3, 0.4) is 0 Å². The average molecular weight is 614 g/mol. The number of nitrogens with zero attached hydrogens (tertiary/aromatic N) is 1. The number of amides is 4. The molecule has 0 saturated carbocycles. The van der Waals surface area contributed by atoms with Crippen LogP contribution in [-0.4, -0.2) is 90.2 Å². The average Bonchev–Trinajstić information content (AvgIpc) is 3.09. The standard InChI is InChI=1S/C28H39N9O7/c29-10-5-4-8-16-23(42)35-18-13-27(9-11-32-26(30)31,19(38)14-33-22(18)41)28(15-6-2-1-3-7-15)21(25(44)34-16)36-24(43)17(37-28)12-20(39)40/h1-3,6-7,16-18,21,37H,4-5,8-14,29H2,(H,33,41)(H,34,44)(H,35,42)(H,36,43)(H,39,40)(H4,30,31,32)/t16-,17?,18-,21-,27?,28?/m0/s1. The molecule has 1 aromatic carbocycles. The minimum absolute atomic E-state index is 0.132. The van der Waals surface area contributed by atoms with Crippen LogP contribution in [0.15, 0.2) is 35.3 Å². The van der Waals surface area contributed by atoms with Crippen LogP contribution >= 0.6 is 0 Å². The highest BCUT2D eigenvalue weighted by atomic mass is 16.4. The third-order valence-corrected chi connectivity index (χ3v) is 8.62.